The van der Waals surface area contributed by atoms with Crippen LogP contribution >= 0.6 is 0 Å². The number of anilines is 2. The van der Waals surface area contributed by atoms with E-state index < -0.39 is 0 Å². The van der Waals surface area contributed by atoms with Crippen molar-refractivity contribution in [3.8, 4) is 6.07 Å². The molecule has 5 rings (SSSR count). The predicted octanol–water partition coefficient (Wildman–Crippen LogP) is 0.772. The van der Waals surface area contributed by atoms with Crippen LogP contribution in [0.15, 0.2) is 30.6 Å². The van der Waals surface area contributed by atoms with Crippen LogP contribution < -0.4 is 9.80 Å². The van der Waals surface area contributed by atoms with Crippen molar-refractivity contribution in [1.82, 2.24) is 30.2 Å². The smallest absolute Gasteiger partial charge is 0.279 e. The van der Waals surface area contributed by atoms with Crippen molar-refractivity contribution < 1.29 is 9.59 Å². The zero-order chi connectivity index (χ0) is 20.7. The lowest BCUT2D eigenvalue weighted by Crippen LogP contribution is -2.40. The number of rotatable bonds is 3. The largest absolute Gasteiger partial charge is 0.312 e. The van der Waals surface area contributed by atoms with Gasteiger partial charge in [0.25, 0.3) is 5.91 Å². The topological polar surface area (TPSA) is 126 Å². The summed E-state index contributed by atoms with van der Waals surface area (Å²) in [5.41, 5.74) is 2.58. The van der Waals surface area contributed by atoms with Gasteiger partial charge in [-0.25, -0.2) is 0 Å². The van der Waals surface area contributed by atoms with Crippen molar-refractivity contribution in [2.24, 2.45) is 0 Å². The molecule has 0 spiro atoms. The van der Waals surface area contributed by atoms with E-state index in [1.54, 1.807) is 9.80 Å². The molecule has 3 aromatic rings. The molecule has 11 nitrogen and oxygen atoms in total. The number of nitriles is 1. The highest BCUT2D eigenvalue weighted by molar-refractivity contribution is 6.07. The van der Waals surface area contributed by atoms with E-state index in [1.165, 1.54) is 15.9 Å². The van der Waals surface area contributed by atoms with Gasteiger partial charge in [-0.15, -0.1) is 19.8 Å². The van der Waals surface area contributed by atoms with Crippen molar-refractivity contribution in [2.75, 3.05) is 22.9 Å². The molecule has 0 aliphatic carbocycles. The molecule has 4 heterocycles. The first-order valence-electron chi connectivity index (χ1n) is 9.65. The van der Waals surface area contributed by atoms with Crippen LogP contribution in [-0.4, -0.2) is 55.1 Å². The highest BCUT2D eigenvalue weighted by atomic mass is 16.2. The number of carbonyl (C=O) groups is 2. The van der Waals surface area contributed by atoms with Gasteiger partial charge in [0.1, 0.15) is 6.07 Å². The summed E-state index contributed by atoms with van der Waals surface area (Å²) in [4.78, 5) is 31.4. The van der Waals surface area contributed by atoms with Crippen LogP contribution in [0.4, 0.5) is 11.4 Å². The summed E-state index contributed by atoms with van der Waals surface area (Å²) in [5, 5.41) is 24.5. The molecule has 0 atom stereocenters. The molecule has 0 saturated carbocycles. The maximum Gasteiger partial charge on any atom is 0.279 e. The highest BCUT2D eigenvalue weighted by Crippen LogP contribution is 2.29. The van der Waals surface area contributed by atoms with Crippen LogP contribution in [0.3, 0.4) is 0 Å². The van der Waals surface area contributed by atoms with Gasteiger partial charge < -0.3 is 9.80 Å². The maximum atomic E-state index is 13.3. The molecule has 0 N–H and O–H groups in total. The Morgan fingerprint density at radius 2 is 1.73 bits per heavy atom. The first kappa shape index (κ1) is 18.0. The Morgan fingerprint density at radius 3 is 2.40 bits per heavy atom. The molecule has 150 valence electrons. The van der Waals surface area contributed by atoms with Gasteiger partial charge in [-0.05, 0) is 54.0 Å². The second-order valence-corrected chi connectivity index (χ2v) is 7.13. The van der Waals surface area contributed by atoms with Gasteiger partial charge in [0, 0.05) is 36.4 Å². The van der Waals surface area contributed by atoms with Crippen molar-refractivity contribution in [3.05, 3.63) is 47.5 Å². The quantitative estimate of drug-likeness (QED) is 0.632. The second-order valence-electron chi connectivity index (χ2n) is 7.13. The van der Waals surface area contributed by atoms with Gasteiger partial charge in [0.2, 0.25) is 5.91 Å². The van der Waals surface area contributed by atoms with E-state index in [9.17, 15) is 14.9 Å². The summed E-state index contributed by atoms with van der Waals surface area (Å²) in [7, 11) is 0. The molecule has 1 aromatic carbocycles. The number of piperidine rings is 1. The summed E-state index contributed by atoms with van der Waals surface area (Å²) in [5.74, 6) is -0.162. The number of nitrogens with zero attached hydrogens (tertiary/aromatic N) is 9. The summed E-state index contributed by atoms with van der Waals surface area (Å²) in [6, 6.07) is 9.43. The van der Waals surface area contributed by atoms with Crippen LogP contribution in [0.1, 0.15) is 41.0 Å². The fraction of sp³-hybridized carbons (Fsp3) is 0.316. The minimum absolute atomic E-state index is 0.127. The normalized spacial score (nSPS) is 16.5. The van der Waals surface area contributed by atoms with Crippen molar-refractivity contribution in [3.63, 3.8) is 0 Å². The minimum Gasteiger partial charge on any atom is -0.312 e. The minimum atomic E-state index is -0.289. The van der Waals surface area contributed by atoms with Crippen LogP contribution in [0.5, 0.6) is 0 Å². The van der Waals surface area contributed by atoms with E-state index >= 15 is 0 Å². The molecule has 0 bridgehead atoms. The Balaban J connectivity index is 1.47. The highest BCUT2D eigenvalue weighted by Gasteiger charge is 2.34. The predicted molar refractivity (Wildman–Crippen MR) is 104 cm³/mol. The summed E-state index contributed by atoms with van der Waals surface area (Å²) in [6.07, 6.45) is 4.28. The Morgan fingerprint density at radius 1 is 0.967 bits per heavy atom. The molecular weight excluding hydrogens is 386 g/mol. The van der Waals surface area contributed by atoms with Gasteiger partial charge in [0.05, 0.1) is 0 Å². The summed E-state index contributed by atoms with van der Waals surface area (Å²) >= 11 is 0. The van der Waals surface area contributed by atoms with Crippen molar-refractivity contribution in [2.45, 2.75) is 25.7 Å². The number of carbonyl (C=O) groups excluding carboxylic acids is 2. The Kier molecular flexibility index (Phi) is 4.24. The number of hydrogen-bond donors (Lipinski definition) is 0. The Bertz CT molecular complexity index is 1160. The molecule has 11 heteroatoms. The molecule has 0 radical (unpaired) electrons. The maximum absolute atomic E-state index is 13.3. The molecule has 2 aliphatic rings. The molecule has 2 aromatic heterocycles. The monoisotopic (exact) mass is 403 g/mol. The van der Waals surface area contributed by atoms with Gasteiger partial charge in [-0.1, -0.05) is 0 Å². The first-order valence-corrected chi connectivity index (χ1v) is 9.65. The average Bonchev–Trinajstić information content (AvgIpc) is 3.43. The zero-order valence-electron chi connectivity index (χ0n) is 16.0. The van der Waals surface area contributed by atoms with Crippen LogP contribution in [-0.2, 0) is 11.2 Å². The zero-order valence-corrected chi connectivity index (χ0v) is 16.0. The van der Waals surface area contributed by atoms with Gasteiger partial charge >= 0.3 is 0 Å². The molecular formula is C19H17N9O2. The van der Waals surface area contributed by atoms with E-state index in [0.717, 1.165) is 18.5 Å². The molecule has 0 unspecified atom stereocenters. The summed E-state index contributed by atoms with van der Waals surface area (Å²) < 4.78 is 0. The van der Waals surface area contributed by atoms with E-state index in [4.69, 9.17) is 0 Å². The number of aromatic nitrogens is 6. The standard InChI is InChI=1S/C19H17N9O2/c20-11-16-15-8-10-26(19(30)18(15)28(22-16)27-12-21-23-24-27)14-6-4-13(5-7-14)25-9-2-1-3-17(25)29/h4-7,12H,1-3,8-10H2. The molecule has 2 amide bonds. The van der Waals surface area contributed by atoms with E-state index in [0.29, 0.717) is 37.2 Å². The molecule has 30 heavy (non-hydrogen) atoms. The first-order chi connectivity index (χ1) is 14.7. The average molecular weight is 403 g/mol. The van der Waals surface area contributed by atoms with Gasteiger partial charge in [0.15, 0.2) is 17.7 Å². The molecule has 2 aliphatic heterocycles. The lowest BCUT2D eigenvalue weighted by Gasteiger charge is -2.29. The fourth-order valence-corrected chi connectivity index (χ4v) is 3.96. The van der Waals surface area contributed by atoms with Gasteiger partial charge in [-0.2, -0.15) is 5.26 Å². The van der Waals surface area contributed by atoms with Crippen molar-refractivity contribution >= 4 is 23.2 Å². The van der Waals surface area contributed by atoms with E-state index in [1.807, 2.05) is 30.3 Å². The number of fused-ring (bicyclic) bond motifs is 1. The molecule has 1 fully saturated rings. The SMILES string of the molecule is N#Cc1nn(-n2cnnn2)c2c1CCN(c1ccc(N3CCCCC3=O)cc1)C2=O. The number of amides is 2. The summed E-state index contributed by atoms with van der Waals surface area (Å²) in [6.45, 7) is 1.13. The third kappa shape index (κ3) is 2.81. The van der Waals surface area contributed by atoms with Crippen molar-refractivity contribution in [1.29, 1.82) is 5.26 Å². The fourth-order valence-electron chi connectivity index (χ4n) is 3.96. The van der Waals surface area contributed by atoms with Crippen LogP contribution in [0.2, 0.25) is 0 Å². The third-order valence-electron chi connectivity index (χ3n) is 5.43. The number of benzene rings is 1. The lowest BCUT2D eigenvalue weighted by molar-refractivity contribution is -0.119. The lowest BCUT2D eigenvalue weighted by atomic mass is 10.0. The van der Waals surface area contributed by atoms with Crippen LogP contribution in [0, 0.1) is 11.3 Å². The second kappa shape index (κ2) is 7.07. The molecule has 1 saturated heterocycles. The van der Waals surface area contributed by atoms with Gasteiger partial charge in [-0.3, -0.25) is 9.59 Å². The van der Waals surface area contributed by atoms with Crippen LogP contribution in [0.25, 0.3) is 0 Å². The Hall–Kier alpha value is -4.07. The number of hydrogen-bond acceptors (Lipinski definition) is 7. The van der Waals surface area contributed by atoms with E-state index in [-0.39, 0.29) is 23.2 Å². The Labute approximate surface area is 171 Å². The van der Waals surface area contributed by atoms with E-state index in [2.05, 4.69) is 20.6 Å². The number of tetrazole rings is 1. The third-order valence-corrected chi connectivity index (χ3v) is 5.43.